The minimum absolute atomic E-state index is 0.0357. The molecule has 0 aliphatic rings. The lowest BCUT2D eigenvalue weighted by Gasteiger charge is -2.07. The normalized spacial score (nSPS) is 11.4. The molecule has 1 heterocycles. The van der Waals surface area contributed by atoms with Crippen LogP contribution in [0.1, 0.15) is 5.56 Å². The minimum atomic E-state index is -3.96. The number of benzene rings is 2. The smallest absolute Gasteiger partial charge is 0.311 e. The summed E-state index contributed by atoms with van der Waals surface area (Å²) in [5.41, 5.74) is -0.126. The Balaban J connectivity index is 2.05. The molecule has 9 heteroatoms. The summed E-state index contributed by atoms with van der Waals surface area (Å²) >= 11 is 0.857. The summed E-state index contributed by atoms with van der Waals surface area (Å²) in [7, 11) is -2.67. The van der Waals surface area contributed by atoms with Crippen LogP contribution >= 0.6 is 11.3 Å². The maximum Gasteiger partial charge on any atom is 0.311 e. The molecule has 26 heavy (non-hydrogen) atoms. The number of sulfone groups is 1. The molecule has 0 saturated carbocycles. The van der Waals surface area contributed by atoms with Crippen molar-refractivity contribution < 1.29 is 18.1 Å². The Morgan fingerprint density at radius 1 is 1.15 bits per heavy atom. The van der Waals surface area contributed by atoms with Crippen LogP contribution in [-0.4, -0.2) is 20.5 Å². The van der Waals surface area contributed by atoms with Crippen molar-refractivity contribution in [3.63, 3.8) is 0 Å². The van der Waals surface area contributed by atoms with E-state index in [-0.39, 0.29) is 21.9 Å². The van der Waals surface area contributed by atoms with Crippen LogP contribution < -0.4 is 9.48 Å². The number of ether oxygens (including phenoxy) is 1. The molecule has 134 valence electrons. The van der Waals surface area contributed by atoms with Gasteiger partial charge in [0.15, 0.2) is 15.6 Å². The van der Waals surface area contributed by atoms with Crippen molar-refractivity contribution >= 4 is 36.9 Å². The van der Waals surface area contributed by atoms with Gasteiger partial charge in [0.1, 0.15) is 4.90 Å². The Hall–Kier alpha value is -2.78. The fourth-order valence-corrected chi connectivity index (χ4v) is 5.12. The van der Waals surface area contributed by atoms with Gasteiger partial charge in [0.05, 0.1) is 17.8 Å². The molecule has 3 aromatic rings. The molecule has 0 atom stereocenters. The van der Waals surface area contributed by atoms with Gasteiger partial charge in [-0.25, -0.2) is 8.42 Å². The molecule has 0 amide bonds. The SMILES string of the molecule is COc1ccc(CS(=O)(=O)c2cc3ccccc3sc2=O)cc1[N+](=O)[O-]. The van der Waals surface area contributed by atoms with E-state index in [1.165, 1.54) is 25.3 Å². The van der Waals surface area contributed by atoms with E-state index in [4.69, 9.17) is 4.74 Å². The van der Waals surface area contributed by atoms with Crippen LogP contribution in [0.25, 0.3) is 10.1 Å². The molecular formula is C17H13NO6S2. The maximum absolute atomic E-state index is 12.7. The van der Waals surface area contributed by atoms with Gasteiger partial charge in [0.25, 0.3) is 4.74 Å². The summed E-state index contributed by atoms with van der Waals surface area (Å²) in [5.74, 6) is -0.480. The first-order valence-electron chi connectivity index (χ1n) is 7.39. The number of nitro groups is 1. The molecule has 0 aliphatic heterocycles. The highest BCUT2D eigenvalue weighted by molar-refractivity contribution is 7.90. The lowest BCUT2D eigenvalue weighted by Crippen LogP contribution is -2.14. The van der Waals surface area contributed by atoms with Crippen molar-refractivity contribution in [1.82, 2.24) is 0 Å². The van der Waals surface area contributed by atoms with Crippen LogP contribution in [-0.2, 0) is 15.6 Å². The van der Waals surface area contributed by atoms with Gasteiger partial charge in [-0.1, -0.05) is 35.6 Å². The van der Waals surface area contributed by atoms with E-state index in [1.807, 2.05) is 0 Å². The predicted molar refractivity (Wildman–Crippen MR) is 98.6 cm³/mol. The van der Waals surface area contributed by atoms with E-state index in [1.54, 1.807) is 24.3 Å². The summed E-state index contributed by atoms with van der Waals surface area (Å²) in [6, 6.07) is 12.2. The molecule has 7 nitrogen and oxygen atoms in total. The first-order chi connectivity index (χ1) is 12.3. The zero-order chi connectivity index (χ0) is 18.9. The van der Waals surface area contributed by atoms with Crippen molar-refractivity contribution in [2.45, 2.75) is 10.6 Å². The van der Waals surface area contributed by atoms with Crippen molar-refractivity contribution in [2.75, 3.05) is 7.11 Å². The average molecular weight is 391 g/mol. The molecule has 0 radical (unpaired) electrons. The number of fused-ring (bicyclic) bond motifs is 1. The molecule has 3 rings (SSSR count). The molecule has 0 bridgehead atoms. The third kappa shape index (κ3) is 3.44. The van der Waals surface area contributed by atoms with E-state index in [0.29, 0.717) is 10.1 Å². The monoisotopic (exact) mass is 391 g/mol. The van der Waals surface area contributed by atoms with Crippen molar-refractivity contribution in [3.8, 4) is 5.75 Å². The maximum atomic E-state index is 12.7. The van der Waals surface area contributed by atoms with Crippen LogP contribution in [0.4, 0.5) is 5.69 Å². The number of nitro benzene ring substituents is 1. The fraction of sp³-hybridized carbons (Fsp3) is 0.118. The second-order valence-corrected chi connectivity index (χ2v) is 8.43. The molecular weight excluding hydrogens is 378 g/mol. The number of nitrogens with zero attached hydrogens (tertiary/aromatic N) is 1. The van der Waals surface area contributed by atoms with Gasteiger partial charge in [-0.2, -0.15) is 0 Å². The van der Waals surface area contributed by atoms with E-state index in [2.05, 4.69) is 0 Å². The Labute approximate surface area is 152 Å². The van der Waals surface area contributed by atoms with Crippen molar-refractivity contribution in [1.29, 1.82) is 0 Å². The van der Waals surface area contributed by atoms with E-state index < -0.39 is 25.3 Å². The number of hydrogen-bond donors (Lipinski definition) is 0. The predicted octanol–water partition coefficient (Wildman–Crippen LogP) is 3.15. The molecule has 2 aromatic carbocycles. The third-order valence-corrected chi connectivity index (χ3v) is 6.55. The second kappa shape index (κ2) is 6.85. The van der Waals surface area contributed by atoms with Gasteiger partial charge in [-0.15, -0.1) is 0 Å². The highest BCUT2D eigenvalue weighted by Crippen LogP contribution is 2.29. The first-order valence-corrected chi connectivity index (χ1v) is 9.85. The summed E-state index contributed by atoms with van der Waals surface area (Å²) in [5, 5.41) is 11.7. The Bertz CT molecular complexity index is 1170. The number of hydrogen-bond acceptors (Lipinski definition) is 7. The molecule has 0 spiro atoms. The van der Waals surface area contributed by atoms with E-state index in [0.717, 1.165) is 17.4 Å². The van der Waals surface area contributed by atoms with Crippen molar-refractivity contribution in [2.24, 2.45) is 0 Å². The second-order valence-electron chi connectivity index (χ2n) is 5.46. The van der Waals surface area contributed by atoms with Gasteiger partial charge in [-0.05, 0) is 29.1 Å². The average Bonchev–Trinajstić information content (AvgIpc) is 2.60. The highest BCUT2D eigenvalue weighted by Gasteiger charge is 2.23. The lowest BCUT2D eigenvalue weighted by atomic mass is 10.2. The van der Waals surface area contributed by atoms with Gasteiger partial charge in [-0.3, -0.25) is 14.9 Å². The summed E-state index contributed by atoms with van der Waals surface area (Å²) in [6.45, 7) is 0. The molecule has 1 aromatic heterocycles. The van der Waals surface area contributed by atoms with Crippen LogP contribution in [0.15, 0.2) is 58.2 Å². The zero-order valence-electron chi connectivity index (χ0n) is 13.5. The Kier molecular flexibility index (Phi) is 4.75. The van der Waals surface area contributed by atoms with Gasteiger partial charge in [0.2, 0.25) is 0 Å². The molecule has 0 saturated heterocycles. The molecule has 0 aliphatic carbocycles. The first kappa shape index (κ1) is 18.0. The Morgan fingerprint density at radius 3 is 2.58 bits per heavy atom. The topological polar surface area (TPSA) is 104 Å². The van der Waals surface area contributed by atoms with Gasteiger partial charge in [0, 0.05) is 10.8 Å². The van der Waals surface area contributed by atoms with Crippen LogP contribution in [0, 0.1) is 10.1 Å². The summed E-state index contributed by atoms with van der Waals surface area (Å²) < 4.78 is 30.4. The fourth-order valence-electron chi connectivity index (χ4n) is 2.52. The van der Waals surface area contributed by atoms with E-state index >= 15 is 0 Å². The van der Waals surface area contributed by atoms with Crippen molar-refractivity contribution in [3.05, 3.63) is 73.7 Å². The van der Waals surface area contributed by atoms with Crippen LogP contribution in [0.5, 0.6) is 5.75 Å². The van der Waals surface area contributed by atoms with Gasteiger partial charge < -0.3 is 4.74 Å². The van der Waals surface area contributed by atoms with Crippen LogP contribution in [0.3, 0.4) is 0 Å². The minimum Gasteiger partial charge on any atom is -0.490 e. The largest absolute Gasteiger partial charge is 0.490 e. The molecule has 0 unspecified atom stereocenters. The molecule has 0 fully saturated rings. The number of rotatable bonds is 5. The third-order valence-electron chi connectivity index (χ3n) is 3.74. The molecule has 0 N–H and O–H groups in total. The van der Waals surface area contributed by atoms with Gasteiger partial charge >= 0.3 is 5.69 Å². The highest BCUT2D eigenvalue weighted by atomic mass is 32.2. The van der Waals surface area contributed by atoms with Crippen LogP contribution in [0.2, 0.25) is 0 Å². The summed E-state index contributed by atoms with van der Waals surface area (Å²) in [6.07, 6.45) is 0. The lowest BCUT2D eigenvalue weighted by molar-refractivity contribution is -0.385. The quantitative estimate of drug-likeness (QED) is 0.489. The van der Waals surface area contributed by atoms with E-state index in [9.17, 15) is 23.3 Å². The zero-order valence-corrected chi connectivity index (χ0v) is 15.2. The Morgan fingerprint density at radius 2 is 1.88 bits per heavy atom. The standard InChI is InChI=1S/C17H13NO6S2/c1-24-14-7-6-11(8-13(14)18(20)21)10-26(22,23)16-9-12-4-2-3-5-15(12)25-17(16)19/h2-9H,10H2,1H3. The summed E-state index contributed by atoms with van der Waals surface area (Å²) in [4.78, 5) is 22.4. The number of methoxy groups -OCH3 is 1.